The Bertz CT molecular complexity index is 219. The molecule has 0 aliphatic heterocycles. The van der Waals surface area contributed by atoms with Gasteiger partial charge in [0.2, 0.25) is 0 Å². The van der Waals surface area contributed by atoms with E-state index in [9.17, 15) is 5.11 Å². The molecule has 54 valence electrons. The summed E-state index contributed by atoms with van der Waals surface area (Å²) in [6.45, 7) is 0.0636. The molecule has 0 aromatic rings. The maximum atomic E-state index is 9.39. The van der Waals surface area contributed by atoms with Gasteiger partial charge in [-0.3, -0.25) is 0 Å². The molecule has 0 atom stereocenters. The van der Waals surface area contributed by atoms with Crippen molar-refractivity contribution in [3.05, 3.63) is 12.1 Å². The van der Waals surface area contributed by atoms with Gasteiger partial charge in [-0.2, -0.15) is 0 Å². The number of aliphatic hydroxyl groups is 1. The molecule has 0 radical (unpaired) electrons. The molecular formula is C8H16O. The molecular weight excluding hydrogens is 112 g/mol. The molecule has 1 heteroatoms. The zero-order valence-electron chi connectivity index (χ0n) is 10.9. The van der Waals surface area contributed by atoms with Crippen LogP contribution in [0.1, 0.15) is 40.4 Å². The maximum absolute atomic E-state index is 9.39. The van der Waals surface area contributed by atoms with Crippen LogP contribution in [-0.4, -0.2) is 10.7 Å². The Hall–Kier alpha value is -0.300. The summed E-state index contributed by atoms with van der Waals surface area (Å²) in [4.78, 5) is 0. The first kappa shape index (κ1) is 3.20. The van der Waals surface area contributed by atoms with Gasteiger partial charge in [-0.1, -0.05) is 5.57 Å². The third kappa shape index (κ3) is 7.70. The molecule has 1 nitrogen and oxygen atoms in total. The molecule has 0 aromatic heterocycles. The Morgan fingerprint density at radius 2 is 2.56 bits per heavy atom. The van der Waals surface area contributed by atoms with Crippen LogP contribution in [0.3, 0.4) is 0 Å². The van der Waals surface area contributed by atoms with Crippen LogP contribution < -0.4 is 0 Å². The Morgan fingerprint density at radius 3 is 2.89 bits per heavy atom. The van der Waals surface area contributed by atoms with Crippen LogP contribution in [-0.2, 0) is 0 Å². The van der Waals surface area contributed by atoms with E-state index >= 15 is 0 Å². The van der Waals surface area contributed by atoms with Gasteiger partial charge in [0.05, 0.1) is 8.34 Å². The van der Waals surface area contributed by atoms with Gasteiger partial charge in [-0.05, 0) is 33.5 Å². The summed E-state index contributed by atoms with van der Waals surface area (Å²) < 4.78 is 35.2. The van der Waals surface area contributed by atoms with E-state index in [1.807, 2.05) is 0 Å². The molecule has 1 N–H and O–H groups in total. The zero-order valence-corrected chi connectivity index (χ0v) is 5.86. The van der Waals surface area contributed by atoms with Crippen molar-refractivity contribution >= 4 is 0 Å². The van der Waals surface area contributed by atoms with E-state index < -0.39 is 19.0 Å². The maximum Gasteiger partial charge on any atom is 0.0594 e. The second-order valence-corrected chi connectivity index (χ2v) is 2.79. The molecule has 0 aromatic carbocycles. The number of hydrogen-bond acceptors (Lipinski definition) is 1. The van der Waals surface area contributed by atoms with E-state index in [0.29, 0.717) is 0 Å². The van der Waals surface area contributed by atoms with Crippen LogP contribution in [0.2, 0.25) is 0 Å². The lowest BCUT2D eigenvalue weighted by Crippen LogP contribution is -2.17. The molecule has 0 aliphatic rings. The van der Waals surface area contributed by atoms with Gasteiger partial charge in [0.15, 0.2) is 0 Å². The zero-order chi connectivity index (χ0) is 11.6. The molecule has 0 spiro atoms. The monoisotopic (exact) mass is 133 g/mol. The fourth-order valence-corrected chi connectivity index (χ4v) is 0.431. The van der Waals surface area contributed by atoms with Gasteiger partial charge in [0.1, 0.15) is 0 Å². The summed E-state index contributed by atoms with van der Waals surface area (Å²) >= 11 is 0. The topological polar surface area (TPSA) is 20.2 Å². The third-order valence-corrected chi connectivity index (χ3v) is 0.987. The van der Waals surface area contributed by atoms with Crippen LogP contribution >= 0.6 is 0 Å². The van der Waals surface area contributed by atoms with E-state index in [0.717, 1.165) is 0 Å². The van der Waals surface area contributed by atoms with Crippen molar-refractivity contribution in [2.45, 2.75) is 39.1 Å². The number of rotatable bonds is 3. The smallest absolute Gasteiger partial charge is 0.0594 e. The SMILES string of the molecule is [2H]C([2H])=C(CCC(C)(C)O)C([2H])([2H])[2H]. The van der Waals surface area contributed by atoms with Crippen molar-refractivity contribution in [1.29, 1.82) is 0 Å². The minimum Gasteiger partial charge on any atom is -0.390 e. The van der Waals surface area contributed by atoms with Crippen molar-refractivity contribution in [2.24, 2.45) is 0 Å². The summed E-state index contributed by atoms with van der Waals surface area (Å²) in [6.07, 6.45) is 0.296. The molecule has 9 heavy (non-hydrogen) atoms. The van der Waals surface area contributed by atoms with Gasteiger partial charge < -0.3 is 5.11 Å². The predicted molar refractivity (Wildman–Crippen MR) is 40.3 cm³/mol. The molecule has 0 fully saturated rings. The lowest BCUT2D eigenvalue weighted by molar-refractivity contribution is 0.0714. The van der Waals surface area contributed by atoms with Crippen molar-refractivity contribution < 1.29 is 12.0 Å². The van der Waals surface area contributed by atoms with Crippen LogP contribution in [0.5, 0.6) is 0 Å². The van der Waals surface area contributed by atoms with Gasteiger partial charge in [-0.25, -0.2) is 0 Å². The van der Waals surface area contributed by atoms with Crippen molar-refractivity contribution in [3.8, 4) is 0 Å². The highest BCUT2D eigenvalue weighted by molar-refractivity contribution is 4.89. The minimum atomic E-state index is -2.40. The van der Waals surface area contributed by atoms with Crippen molar-refractivity contribution in [2.75, 3.05) is 0 Å². The average molecular weight is 133 g/mol. The van der Waals surface area contributed by atoms with E-state index in [1.54, 1.807) is 13.8 Å². The van der Waals surface area contributed by atoms with Crippen LogP contribution in [0.15, 0.2) is 12.1 Å². The van der Waals surface area contributed by atoms with Gasteiger partial charge in [0.25, 0.3) is 0 Å². The minimum absolute atomic E-state index is 0.0579. The Labute approximate surface area is 64.4 Å². The van der Waals surface area contributed by atoms with Gasteiger partial charge in [-0.15, -0.1) is 6.53 Å². The summed E-state index contributed by atoms with van der Waals surface area (Å²) in [5.74, 6) is 0. The van der Waals surface area contributed by atoms with E-state index in [4.69, 9.17) is 6.85 Å². The predicted octanol–water partition coefficient (Wildman–Crippen LogP) is 2.11. The van der Waals surface area contributed by atoms with E-state index in [-0.39, 0.29) is 18.4 Å². The van der Waals surface area contributed by atoms with Crippen molar-refractivity contribution in [3.63, 3.8) is 0 Å². The molecule has 0 rings (SSSR count). The fourth-order valence-electron chi connectivity index (χ4n) is 0.431. The second kappa shape index (κ2) is 3.02. The first-order chi connectivity index (χ1) is 6.04. The molecule has 0 bridgehead atoms. The lowest BCUT2D eigenvalue weighted by Gasteiger charge is -2.15. The number of hydrogen-bond donors (Lipinski definition) is 1. The Morgan fingerprint density at radius 1 is 1.89 bits per heavy atom. The second-order valence-electron chi connectivity index (χ2n) is 2.79. The van der Waals surface area contributed by atoms with Crippen LogP contribution in [0.25, 0.3) is 0 Å². The normalized spacial score (nSPS) is 20.6. The number of allylic oxidation sites excluding steroid dienone is 1. The van der Waals surface area contributed by atoms with Crippen molar-refractivity contribution in [1.82, 2.24) is 0 Å². The van der Waals surface area contributed by atoms with E-state index in [2.05, 4.69) is 0 Å². The standard InChI is InChI=1S/C8H16O/c1-7(2)5-6-8(3,4)9/h9H,1,5-6H2,2-4H3/i1D2,2D3. The first-order valence-electron chi connectivity index (χ1n) is 5.43. The van der Waals surface area contributed by atoms with Crippen LogP contribution in [0.4, 0.5) is 0 Å². The van der Waals surface area contributed by atoms with Crippen LogP contribution in [0, 0.1) is 0 Å². The Kier molecular flexibility index (Phi) is 1.07. The Balaban J connectivity index is 4.53. The summed E-state index contributed by atoms with van der Waals surface area (Å²) in [5, 5.41) is 9.39. The lowest BCUT2D eigenvalue weighted by atomic mass is 10.0. The summed E-state index contributed by atoms with van der Waals surface area (Å²) in [5.41, 5.74) is -1.16. The largest absolute Gasteiger partial charge is 0.390 e. The molecule has 0 amide bonds. The molecule has 0 saturated heterocycles. The highest BCUT2D eigenvalue weighted by Crippen LogP contribution is 2.13. The molecule has 0 aliphatic carbocycles. The quantitative estimate of drug-likeness (QED) is 0.585. The summed E-state index contributed by atoms with van der Waals surface area (Å²) in [6, 6.07) is 0. The molecule has 0 unspecified atom stereocenters. The van der Waals surface area contributed by atoms with E-state index in [1.165, 1.54) is 0 Å². The molecule has 0 saturated carbocycles. The fraction of sp³-hybridized carbons (Fsp3) is 0.750. The first-order valence-corrected chi connectivity index (χ1v) is 2.93. The highest BCUT2D eigenvalue weighted by Gasteiger charge is 2.10. The van der Waals surface area contributed by atoms with Gasteiger partial charge in [0, 0.05) is 4.11 Å². The summed E-state index contributed by atoms with van der Waals surface area (Å²) in [7, 11) is 0. The third-order valence-electron chi connectivity index (χ3n) is 0.987. The van der Waals surface area contributed by atoms with Gasteiger partial charge >= 0.3 is 0 Å². The molecule has 0 heterocycles. The average Bonchev–Trinajstić information content (AvgIpc) is 1.79. The highest BCUT2D eigenvalue weighted by atomic mass is 16.3.